The van der Waals surface area contributed by atoms with Gasteiger partial charge in [-0.15, -0.1) is 22.7 Å². The molecule has 13 aromatic rings. The smallest absolute Gasteiger partial charge is 0.143 e. The van der Waals surface area contributed by atoms with Gasteiger partial charge in [0, 0.05) is 58.5 Å². The van der Waals surface area contributed by atoms with E-state index in [4.69, 9.17) is 4.42 Å². The van der Waals surface area contributed by atoms with Crippen LogP contribution in [-0.2, 0) is 0 Å². The van der Waals surface area contributed by atoms with Crippen LogP contribution in [0.3, 0.4) is 0 Å². The fourth-order valence-electron chi connectivity index (χ4n) is 9.66. The Morgan fingerprint density at radius 3 is 1.47 bits per heavy atom. The molecule has 0 spiro atoms. The van der Waals surface area contributed by atoms with Crippen LogP contribution in [0.25, 0.3) is 106 Å². The van der Waals surface area contributed by atoms with E-state index >= 15 is 0 Å². The van der Waals surface area contributed by atoms with Crippen LogP contribution in [0.1, 0.15) is 0 Å². The molecule has 4 heteroatoms. The molecule has 0 aliphatic heterocycles. The van der Waals surface area contributed by atoms with Crippen LogP contribution in [0.2, 0.25) is 0 Å². The van der Waals surface area contributed by atoms with Crippen LogP contribution in [0, 0.1) is 0 Å². The second-order valence-electron chi connectivity index (χ2n) is 15.9. The third-order valence-corrected chi connectivity index (χ3v) is 14.9. The predicted molar refractivity (Wildman–Crippen MR) is 268 cm³/mol. The lowest BCUT2D eigenvalue weighted by Gasteiger charge is -2.27. The molecule has 3 aromatic heterocycles. The monoisotopic (exact) mass is 825 g/mol. The van der Waals surface area contributed by atoms with E-state index in [0.29, 0.717) is 0 Å². The predicted octanol–water partition coefficient (Wildman–Crippen LogP) is 17.9. The second-order valence-corrected chi connectivity index (χ2v) is 18.0. The topological polar surface area (TPSA) is 16.4 Å². The number of hydrogen-bond donors (Lipinski definition) is 0. The molecule has 13 rings (SSSR count). The molecule has 2 nitrogen and oxygen atoms in total. The van der Waals surface area contributed by atoms with Gasteiger partial charge in [0.15, 0.2) is 0 Å². The van der Waals surface area contributed by atoms with E-state index in [-0.39, 0.29) is 0 Å². The summed E-state index contributed by atoms with van der Waals surface area (Å²) >= 11 is 3.74. The minimum absolute atomic E-state index is 0.890. The quantitative estimate of drug-likeness (QED) is 0.155. The van der Waals surface area contributed by atoms with Crippen LogP contribution in [0.15, 0.2) is 217 Å². The van der Waals surface area contributed by atoms with E-state index in [1.54, 1.807) is 0 Å². The Bertz CT molecular complexity index is 3750. The molecule has 3 heterocycles. The van der Waals surface area contributed by atoms with Gasteiger partial charge in [-0.2, -0.15) is 0 Å². The standard InChI is InChI=1S/C58H35NOS2/c1-3-15-37(16-4-1)53-54-45-22-8-7-19-41(45)42-34-31-39(35-48(42)56(54)60-55(53)38-17-5-2-6-18-38)36-29-32-40(33-30-36)59(49-25-13-23-46-43-20-9-11-27-51(43)61-57(46)49)50-26-14-24-47-44-21-10-12-28-52(44)62-58(47)50/h1-35H. The van der Waals surface area contributed by atoms with E-state index in [1.165, 1.54) is 67.9 Å². The molecule has 290 valence electrons. The van der Waals surface area contributed by atoms with Crippen molar-refractivity contribution in [3.63, 3.8) is 0 Å². The van der Waals surface area contributed by atoms with Crippen molar-refractivity contribution in [2.45, 2.75) is 0 Å². The summed E-state index contributed by atoms with van der Waals surface area (Å²) in [4.78, 5) is 2.48. The van der Waals surface area contributed by atoms with Crippen molar-refractivity contribution in [1.29, 1.82) is 0 Å². The maximum atomic E-state index is 7.11. The summed E-state index contributed by atoms with van der Waals surface area (Å²) in [5.74, 6) is 0.890. The molecule has 0 amide bonds. The summed E-state index contributed by atoms with van der Waals surface area (Å²) in [5.41, 5.74) is 10.0. The van der Waals surface area contributed by atoms with Gasteiger partial charge in [0.2, 0.25) is 0 Å². The number of hydrogen-bond acceptors (Lipinski definition) is 4. The summed E-state index contributed by atoms with van der Waals surface area (Å²) < 4.78 is 12.3. The molecule has 0 fully saturated rings. The van der Waals surface area contributed by atoms with Gasteiger partial charge in [0.05, 0.1) is 20.8 Å². The Morgan fingerprint density at radius 1 is 0.339 bits per heavy atom. The molecule has 0 aliphatic rings. The van der Waals surface area contributed by atoms with Gasteiger partial charge >= 0.3 is 0 Å². The first-order valence-corrected chi connectivity index (χ1v) is 22.6. The molecule has 0 N–H and O–H groups in total. The fourth-order valence-corrected chi connectivity index (χ4v) is 12.1. The highest BCUT2D eigenvalue weighted by atomic mass is 32.1. The van der Waals surface area contributed by atoms with E-state index in [2.05, 4.69) is 217 Å². The third kappa shape index (κ3) is 5.41. The molecular weight excluding hydrogens is 791 g/mol. The number of anilines is 3. The lowest BCUT2D eigenvalue weighted by molar-refractivity contribution is 0.636. The van der Waals surface area contributed by atoms with E-state index < -0.39 is 0 Å². The van der Waals surface area contributed by atoms with E-state index in [9.17, 15) is 0 Å². The van der Waals surface area contributed by atoms with Crippen molar-refractivity contribution in [2.24, 2.45) is 0 Å². The third-order valence-electron chi connectivity index (χ3n) is 12.5. The minimum atomic E-state index is 0.890. The SMILES string of the molecule is c1ccc(-c2oc3c4cc(-c5ccc(N(c6cccc7c6sc6ccccc67)c6cccc7c6sc6ccccc67)cc5)ccc4c4ccccc4c3c2-c2ccccc2)cc1. The summed E-state index contributed by atoms with van der Waals surface area (Å²) in [6.07, 6.45) is 0. The molecule has 0 saturated heterocycles. The van der Waals surface area contributed by atoms with Crippen molar-refractivity contribution in [3.8, 4) is 33.6 Å². The normalized spacial score (nSPS) is 11.9. The van der Waals surface area contributed by atoms with Crippen LogP contribution in [-0.4, -0.2) is 0 Å². The molecule has 62 heavy (non-hydrogen) atoms. The van der Waals surface area contributed by atoms with Crippen molar-refractivity contribution in [2.75, 3.05) is 4.90 Å². The Labute approximate surface area is 365 Å². The molecule has 0 saturated carbocycles. The number of rotatable bonds is 6. The lowest BCUT2D eigenvalue weighted by atomic mass is 9.91. The van der Waals surface area contributed by atoms with Crippen LogP contribution in [0.5, 0.6) is 0 Å². The maximum Gasteiger partial charge on any atom is 0.143 e. The van der Waals surface area contributed by atoms with Gasteiger partial charge in [-0.05, 0) is 75.3 Å². The molecule has 0 unspecified atom stereocenters. The second kappa shape index (κ2) is 14.0. The molecule has 10 aromatic carbocycles. The van der Waals surface area contributed by atoms with Crippen LogP contribution < -0.4 is 4.90 Å². The highest BCUT2D eigenvalue weighted by Crippen LogP contribution is 2.50. The Hall–Kier alpha value is -7.50. The number of thiophene rings is 2. The Kier molecular flexibility index (Phi) is 7.99. The first-order chi connectivity index (χ1) is 30.8. The van der Waals surface area contributed by atoms with Crippen LogP contribution in [0.4, 0.5) is 17.1 Å². The van der Waals surface area contributed by atoms with Crippen LogP contribution >= 0.6 is 22.7 Å². The summed E-state index contributed by atoms with van der Waals surface area (Å²) in [6.45, 7) is 0. The van der Waals surface area contributed by atoms with Crippen molar-refractivity contribution < 1.29 is 4.42 Å². The van der Waals surface area contributed by atoms with Gasteiger partial charge in [0.1, 0.15) is 11.3 Å². The van der Waals surface area contributed by atoms with Gasteiger partial charge in [-0.3, -0.25) is 0 Å². The number of fused-ring (bicyclic) bond motifs is 12. The summed E-state index contributed by atoms with van der Waals surface area (Å²) in [7, 11) is 0. The Balaban J connectivity index is 1.01. The molecule has 0 radical (unpaired) electrons. The van der Waals surface area contributed by atoms with E-state index in [1.807, 2.05) is 22.7 Å². The van der Waals surface area contributed by atoms with Gasteiger partial charge in [-0.25, -0.2) is 0 Å². The van der Waals surface area contributed by atoms with Crippen molar-refractivity contribution in [1.82, 2.24) is 0 Å². The summed E-state index contributed by atoms with van der Waals surface area (Å²) in [6, 6.07) is 77.1. The molecule has 0 bridgehead atoms. The molecule has 0 atom stereocenters. The van der Waals surface area contributed by atoms with Gasteiger partial charge < -0.3 is 9.32 Å². The fraction of sp³-hybridized carbons (Fsp3) is 0. The van der Waals surface area contributed by atoms with E-state index in [0.717, 1.165) is 55.6 Å². The molecular formula is C58H35NOS2. The number of furan rings is 1. The average Bonchev–Trinajstić information content (AvgIpc) is 4.06. The zero-order valence-electron chi connectivity index (χ0n) is 33.4. The zero-order valence-corrected chi connectivity index (χ0v) is 35.0. The number of nitrogens with zero attached hydrogens (tertiary/aromatic N) is 1. The van der Waals surface area contributed by atoms with Gasteiger partial charge in [-0.1, -0.05) is 170 Å². The zero-order chi connectivity index (χ0) is 40.7. The first kappa shape index (κ1) is 35.3. The first-order valence-electron chi connectivity index (χ1n) is 21.0. The average molecular weight is 826 g/mol. The number of benzene rings is 10. The van der Waals surface area contributed by atoms with Crippen molar-refractivity contribution >= 4 is 113 Å². The Morgan fingerprint density at radius 2 is 0.839 bits per heavy atom. The maximum absolute atomic E-state index is 7.11. The highest BCUT2D eigenvalue weighted by Gasteiger charge is 2.24. The van der Waals surface area contributed by atoms with Gasteiger partial charge in [0.25, 0.3) is 0 Å². The lowest BCUT2D eigenvalue weighted by Crippen LogP contribution is -2.10. The van der Waals surface area contributed by atoms with Crippen molar-refractivity contribution in [3.05, 3.63) is 212 Å². The summed E-state index contributed by atoms with van der Waals surface area (Å²) in [5, 5.41) is 11.0. The molecule has 0 aliphatic carbocycles. The minimum Gasteiger partial charge on any atom is -0.455 e. The highest BCUT2D eigenvalue weighted by molar-refractivity contribution is 7.27. The largest absolute Gasteiger partial charge is 0.455 e.